The number of hydrogen-bond donors (Lipinski definition) is 2. The van der Waals surface area contributed by atoms with Gasteiger partial charge in [-0.2, -0.15) is 0 Å². The first kappa shape index (κ1) is 13.6. The van der Waals surface area contributed by atoms with Gasteiger partial charge in [-0.1, -0.05) is 43.2 Å². The van der Waals surface area contributed by atoms with Crippen molar-refractivity contribution in [2.75, 3.05) is 6.54 Å². The highest BCUT2D eigenvalue weighted by Crippen LogP contribution is 2.48. The van der Waals surface area contributed by atoms with E-state index >= 15 is 0 Å². The van der Waals surface area contributed by atoms with Crippen molar-refractivity contribution in [3.63, 3.8) is 0 Å². The van der Waals surface area contributed by atoms with Gasteiger partial charge < -0.3 is 10.4 Å². The second kappa shape index (κ2) is 5.57. The molecule has 2 aliphatic carbocycles. The largest absolute Gasteiger partial charge is 0.391 e. The number of benzene rings is 1. The van der Waals surface area contributed by atoms with Crippen LogP contribution in [0.5, 0.6) is 0 Å². The Kier molecular flexibility index (Phi) is 3.79. The van der Waals surface area contributed by atoms with E-state index in [1.54, 1.807) is 0 Å². The van der Waals surface area contributed by atoms with Gasteiger partial charge in [0.05, 0.1) is 11.5 Å². The van der Waals surface area contributed by atoms with Crippen molar-refractivity contribution in [1.29, 1.82) is 0 Å². The van der Waals surface area contributed by atoms with E-state index in [4.69, 9.17) is 0 Å². The molecule has 3 rings (SSSR count). The number of nitrogens with one attached hydrogen (secondary N) is 1. The second-order valence-electron chi connectivity index (χ2n) is 6.27. The van der Waals surface area contributed by atoms with Gasteiger partial charge in [0.25, 0.3) is 0 Å². The average Bonchev–Trinajstić information content (AvgIpc) is 3.12. The molecule has 0 aliphatic heterocycles. The Morgan fingerprint density at radius 1 is 1.25 bits per heavy atom. The smallest absolute Gasteiger partial charge is 0.230 e. The highest BCUT2D eigenvalue weighted by molar-refractivity contribution is 5.91. The van der Waals surface area contributed by atoms with Crippen molar-refractivity contribution in [1.82, 2.24) is 5.32 Å². The van der Waals surface area contributed by atoms with Crippen LogP contribution in [0.4, 0.5) is 0 Å². The zero-order valence-corrected chi connectivity index (χ0v) is 11.8. The molecule has 2 N–H and O–H groups in total. The van der Waals surface area contributed by atoms with Gasteiger partial charge in [-0.25, -0.2) is 0 Å². The molecule has 0 heterocycles. The zero-order valence-electron chi connectivity index (χ0n) is 11.8. The summed E-state index contributed by atoms with van der Waals surface area (Å²) in [6, 6.07) is 9.99. The molecule has 20 heavy (non-hydrogen) atoms. The third kappa shape index (κ3) is 2.59. The van der Waals surface area contributed by atoms with Crippen LogP contribution in [0.25, 0.3) is 0 Å². The number of amides is 1. The molecule has 1 amide bonds. The maximum absolute atomic E-state index is 12.4. The highest BCUT2D eigenvalue weighted by atomic mass is 16.3. The third-order valence-corrected chi connectivity index (χ3v) is 4.93. The molecule has 1 unspecified atom stereocenters. The molecule has 0 radical (unpaired) electrons. The molecule has 0 aromatic heterocycles. The van der Waals surface area contributed by atoms with Gasteiger partial charge in [0.2, 0.25) is 5.91 Å². The van der Waals surface area contributed by atoms with Crippen LogP contribution in [0.3, 0.4) is 0 Å². The fraction of sp³-hybridized carbons (Fsp3) is 0.588. The first-order valence-electron chi connectivity index (χ1n) is 7.74. The molecule has 3 heteroatoms. The van der Waals surface area contributed by atoms with Crippen LogP contribution < -0.4 is 5.32 Å². The molecular formula is C17H23NO2. The molecule has 2 aliphatic rings. The standard InChI is InChI=1S/C17H23NO2/c19-15(13-6-4-5-7-13)12-18-16(20)17(10-11-17)14-8-2-1-3-9-14/h1-3,8-9,13,15,19H,4-7,10-12H2,(H,18,20). The molecule has 2 saturated carbocycles. The number of aliphatic hydroxyl groups is 1. The zero-order chi connectivity index (χ0) is 14.0. The van der Waals surface area contributed by atoms with Crippen LogP contribution in [-0.4, -0.2) is 23.7 Å². The van der Waals surface area contributed by atoms with Gasteiger partial charge in [0.1, 0.15) is 0 Å². The Balaban J connectivity index is 1.57. The molecule has 2 fully saturated rings. The highest BCUT2D eigenvalue weighted by Gasteiger charge is 2.51. The lowest BCUT2D eigenvalue weighted by Crippen LogP contribution is -2.41. The van der Waals surface area contributed by atoms with E-state index < -0.39 is 0 Å². The summed E-state index contributed by atoms with van der Waals surface area (Å²) in [6.45, 7) is 0.401. The topological polar surface area (TPSA) is 49.3 Å². The van der Waals surface area contributed by atoms with Crippen LogP contribution in [-0.2, 0) is 10.2 Å². The summed E-state index contributed by atoms with van der Waals surface area (Å²) in [5, 5.41) is 13.1. The lowest BCUT2D eigenvalue weighted by molar-refractivity contribution is -0.124. The Hall–Kier alpha value is -1.35. The van der Waals surface area contributed by atoms with Gasteiger partial charge in [-0.3, -0.25) is 4.79 Å². The normalized spacial score (nSPS) is 22.4. The third-order valence-electron chi connectivity index (χ3n) is 4.93. The number of aliphatic hydroxyl groups excluding tert-OH is 1. The Bertz CT molecular complexity index is 461. The molecule has 3 nitrogen and oxygen atoms in total. The Morgan fingerprint density at radius 2 is 1.90 bits per heavy atom. The monoisotopic (exact) mass is 273 g/mol. The summed E-state index contributed by atoms with van der Waals surface area (Å²) in [7, 11) is 0. The van der Waals surface area contributed by atoms with Crippen molar-refractivity contribution in [3.8, 4) is 0 Å². The minimum absolute atomic E-state index is 0.0840. The van der Waals surface area contributed by atoms with Crippen molar-refractivity contribution >= 4 is 5.91 Å². The first-order chi connectivity index (χ1) is 9.72. The minimum atomic E-state index is -0.381. The molecule has 1 atom stereocenters. The lowest BCUT2D eigenvalue weighted by Gasteiger charge is -2.21. The van der Waals surface area contributed by atoms with Gasteiger partial charge in [0.15, 0.2) is 0 Å². The second-order valence-corrected chi connectivity index (χ2v) is 6.27. The quantitative estimate of drug-likeness (QED) is 0.865. The van der Waals surface area contributed by atoms with Gasteiger partial charge in [0, 0.05) is 6.54 Å². The SMILES string of the molecule is O=C(NCC(O)C1CCCC1)C1(c2ccccc2)CC1. The van der Waals surface area contributed by atoms with E-state index in [9.17, 15) is 9.90 Å². The van der Waals surface area contributed by atoms with Crippen LogP contribution in [0, 0.1) is 5.92 Å². The van der Waals surface area contributed by atoms with Crippen LogP contribution >= 0.6 is 0 Å². The van der Waals surface area contributed by atoms with Crippen LogP contribution in [0.15, 0.2) is 30.3 Å². The van der Waals surface area contributed by atoms with Crippen LogP contribution in [0.2, 0.25) is 0 Å². The molecule has 0 spiro atoms. The van der Waals surface area contributed by atoms with Crippen molar-refractivity contribution < 1.29 is 9.90 Å². The van der Waals surface area contributed by atoms with Crippen molar-refractivity contribution in [3.05, 3.63) is 35.9 Å². The van der Waals surface area contributed by atoms with Crippen LogP contribution in [0.1, 0.15) is 44.1 Å². The average molecular weight is 273 g/mol. The number of carbonyl (C=O) groups excluding carboxylic acids is 1. The maximum Gasteiger partial charge on any atom is 0.230 e. The number of carbonyl (C=O) groups is 1. The van der Waals surface area contributed by atoms with E-state index in [0.717, 1.165) is 31.2 Å². The van der Waals surface area contributed by atoms with Crippen molar-refractivity contribution in [2.45, 2.75) is 50.0 Å². The van der Waals surface area contributed by atoms with Crippen molar-refractivity contribution in [2.24, 2.45) is 5.92 Å². The molecule has 108 valence electrons. The van der Waals surface area contributed by atoms with E-state index in [0.29, 0.717) is 12.5 Å². The lowest BCUT2D eigenvalue weighted by atomic mass is 9.94. The summed E-state index contributed by atoms with van der Waals surface area (Å²) in [5.41, 5.74) is 0.782. The summed E-state index contributed by atoms with van der Waals surface area (Å²) in [6.07, 6.45) is 6.08. The van der Waals surface area contributed by atoms with E-state index in [1.807, 2.05) is 30.3 Å². The van der Waals surface area contributed by atoms with E-state index in [1.165, 1.54) is 12.8 Å². The first-order valence-corrected chi connectivity index (χ1v) is 7.74. The molecular weight excluding hydrogens is 250 g/mol. The maximum atomic E-state index is 12.4. The van der Waals surface area contributed by atoms with E-state index in [-0.39, 0.29) is 17.4 Å². The number of rotatable bonds is 5. The minimum Gasteiger partial charge on any atom is -0.391 e. The Morgan fingerprint density at radius 3 is 2.50 bits per heavy atom. The van der Waals surface area contributed by atoms with Gasteiger partial charge >= 0.3 is 0 Å². The molecule has 1 aromatic rings. The van der Waals surface area contributed by atoms with E-state index in [2.05, 4.69) is 5.32 Å². The summed E-state index contributed by atoms with van der Waals surface area (Å²) >= 11 is 0. The summed E-state index contributed by atoms with van der Waals surface area (Å²) in [5.74, 6) is 0.461. The summed E-state index contributed by atoms with van der Waals surface area (Å²) < 4.78 is 0. The predicted molar refractivity (Wildman–Crippen MR) is 78.3 cm³/mol. The van der Waals surface area contributed by atoms with Gasteiger partial charge in [-0.05, 0) is 37.2 Å². The fourth-order valence-electron chi connectivity index (χ4n) is 3.40. The fourth-order valence-corrected chi connectivity index (χ4v) is 3.40. The predicted octanol–water partition coefficient (Wildman–Crippen LogP) is 2.39. The summed E-state index contributed by atoms with van der Waals surface area (Å²) in [4.78, 5) is 12.4. The molecule has 0 bridgehead atoms. The molecule has 1 aromatic carbocycles. The molecule has 0 saturated heterocycles. The Labute approximate surface area is 120 Å². The van der Waals surface area contributed by atoms with Gasteiger partial charge in [-0.15, -0.1) is 0 Å². The number of hydrogen-bond acceptors (Lipinski definition) is 2.